The van der Waals surface area contributed by atoms with Crippen molar-refractivity contribution in [2.24, 2.45) is 0 Å². The van der Waals surface area contributed by atoms with Crippen LogP contribution in [0.25, 0.3) is 0 Å². The molecule has 18 heavy (non-hydrogen) atoms. The van der Waals surface area contributed by atoms with Gasteiger partial charge in [0.15, 0.2) is 5.78 Å². The predicted molar refractivity (Wildman–Crippen MR) is 76.1 cm³/mol. The van der Waals surface area contributed by atoms with Gasteiger partial charge in [0.05, 0.1) is 10.0 Å². The molecule has 0 amide bonds. The number of hydrogen-bond donors (Lipinski definition) is 1. The lowest BCUT2D eigenvalue weighted by atomic mass is 10.0. The fraction of sp³-hybridized carbons (Fsp3) is 0. The molecule has 92 valence electrons. The van der Waals surface area contributed by atoms with Crippen molar-refractivity contribution in [2.45, 2.75) is 0 Å². The van der Waals surface area contributed by atoms with Crippen LogP contribution in [0.4, 0.5) is 10.1 Å². The van der Waals surface area contributed by atoms with Crippen molar-refractivity contribution in [3.63, 3.8) is 0 Å². The molecule has 0 spiro atoms. The number of nitrogens with two attached hydrogens (primary N) is 1. The van der Waals surface area contributed by atoms with Crippen LogP contribution in [-0.2, 0) is 0 Å². The number of benzene rings is 2. The summed E-state index contributed by atoms with van der Waals surface area (Å²) < 4.78 is 14.9. The van der Waals surface area contributed by atoms with Crippen LogP contribution in [0.5, 0.6) is 0 Å². The molecule has 0 bridgehead atoms. The van der Waals surface area contributed by atoms with E-state index < -0.39 is 11.6 Å². The first-order chi connectivity index (χ1) is 8.50. The molecule has 2 N–H and O–H groups in total. The van der Waals surface area contributed by atoms with Gasteiger partial charge in [0.2, 0.25) is 0 Å². The van der Waals surface area contributed by atoms with Gasteiger partial charge in [-0.05, 0) is 46.3 Å². The molecule has 0 radical (unpaired) electrons. The molecule has 0 unspecified atom stereocenters. The summed E-state index contributed by atoms with van der Waals surface area (Å²) in [5, 5.41) is 0. The highest BCUT2D eigenvalue weighted by molar-refractivity contribution is 9.10. The Hall–Kier alpha value is -1.20. The van der Waals surface area contributed by atoms with Gasteiger partial charge in [-0.1, -0.05) is 22.0 Å². The average Bonchev–Trinajstić information content (AvgIpc) is 2.32. The van der Waals surface area contributed by atoms with Crippen LogP contribution in [0.15, 0.2) is 45.3 Å². The van der Waals surface area contributed by atoms with Crippen molar-refractivity contribution in [3.05, 3.63) is 62.3 Å². The lowest BCUT2D eigenvalue weighted by Gasteiger charge is -2.07. The molecule has 0 atom stereocenters. The maximum atomic E-state index is 13.8. The van der Waals surface area contributed by atoms with E-state index in [2.05, 4.69) is 31.9 Å². The minimum absolute atomic E-state index is 0.00148. The summed E-state index contributed by atoms with van der Waals surface area (Å²) in [4.78, 5) is 12.2. The Labute approximate surface area is 120 Å². The van der Waals surface area contributed by atoms with E-state index in [0.717, 1.165) is 4.47 Å². The third-order valence-corrected chi connectivity index (χ3v) is 3.56. The summed E-state index contributed by atoms with van der Waals surface area (Å²) >= 11 is 6.31. The first kappa shape index (κ1) is 13.2. The number of hydrogen-bond acceptors (Lipinski definition) is 2. The van der Waals surface area contributed by atoms with Gasteiger partial charge in [-0.2, -0.15) is 0 Å². The van der Waals surface area contributed by atoms with Crippen molar-refractivity contribution in [3.8, 4) is 0 Å². The van der Waals surface area contributed by atoms with Crippen molar-refractivity contribution >= 4 is 43.3 Å². The summed E-state index contributed by atoms with van der Waals surface area (Å²) in [5.74, 6) is -1.01. The number of ketones is 1. The van der Waals surface area contributed by atoms with Gasteiger partial charge < -0.3 is 5.73 Å². The zero-order valence-corrected chi connectivity index (χ0v) is 12.3. The van der Waals surface area contributed by atoms with Gasteiger partial charge >= 0.3 is 0 Å². The van der Waals surface area contributed by atoms with Crippen molar-refractivity contribution in [2.75, 3.05) is 5.73 Å². The largest absolute Gasteiger partial charge is 0.398 e. The molecule has 2 nitrogen and oxygen atoms in total. The zero-order chi connectivity index (χ0) is 13.3. The maximum Gasteiger partial charge on any atom is 0.198 e. The second-order valence-corrected chi connectivity index (χ2v) is 5.43. The lowest BCUT2D eigenvalue weighted by molar-refractivity contribution is 0.103. The zero-order valence-electron chi connectivity index (χ0n) is 9.08. The second-order valence-electron chi connectivity index (χ2n) is 3.66. The van der Waals surface area contributed by atoms with E-state index in [1.54, 1.807) is 24.3 Å². The number of halogens is 3. The molecular weight excluding hydrogens is 365 g/mol. The standard InChI is InChI=1S/C13H8Br2FNO/c14-7-4-5-8(11(17)6-7)13(18)9-2-1-3-10(15)12(9)16/h1-6H,17H2. The highest BCUT2D eigenvalue weighted by Gasteiger charge is 2.17. The Balaban J connectivity index is 2.51. The fourth-order valence-corrected chi connectivity index (χ4v) is 2.31. The highest BCUT2D eigenvalue weighted by atomic mass is 79.9. The Morgan fingerprint density at radius 2 is 1.83 bits per heavy atom. The summed E-state index contributed by atoms with van der Waals surface area (Å²) in [6.07, 6.45) is 0. The first-order valence-electron chi connectivity index (χ1n) is 5.04. The van der Waals surface area contributed by atoms with Crippen molar-refractivity contribution < 1.29 is 9.18 Å². The summed E-state index contributed by atoms with van der Waals surface area (Å²) in [6, 6.07) is 9.46. The van der Waals surface area contributed by atoms with Crippen LogP contribution in [0.2, 0.25) is 0 Å². The van der Waals surface area contributed by atoms with Crippen LogP contribution in [0.1, 0.15) is 15.9 Å². The summed E-state index contributed by atoms with van der Waals surface area (Å²) in [6.45, 7) is 0. The van der Waals surface area contributed by atoms with Crippen molar-refractivity contribution in [1.29, 1.82) is 0 Å². The molecule has 0 aromatic heterocycles. The van der Waals surface area contributed by atoms with E-state index in [1.165, 1.54) is 12.1 Å². The minimum Gasteiger partial charge on any atom is -0.398 e. The van der Waals surface area contributed by atoms with Crippen LogP contribution >= 0.6 is 31.9 Å². The van der Waals surface area contributed by atoms with Gasteiger partial charge in [0.1, 0.15) is 5.82 Å². The molecule has 0 saturated carbocycles. The first-order valence-corrected chi connectivity index (χ1v) is 6.63. The van der Waals surface area contributed by atoms with E-state index in [1.807, 2.05) is 0 Å². The molecule has 0 fully saturated rings. The third kappa shape index (κ3) is 2.47. The molecule has 5 heteroatoms. The molecule has 0 saturated heterocycles. The van der Waals surface area contributed by atoms with Gasteiger partial charge in [-0.3, -0.25) is 4.79 Å². The number of anilines is 1. The Morgan fingerprint density at radius 3 is 2.50 bits per heavy atom. The normalized spacial score (nSPS) is 10.4. The lowest BCUT2D eigenvalue weighted by Crippen LogP contribution is -2.07. The SMILES string of the molecule is Nc1cc(Br)ccc1C(=O)c1cccc(Br)c1F. The fourth-order valence-electron chi connectivity index (χ4n) is 1.56. The second kappa shape index (κ2) is 5.20. The van der Waals surface area contributed by atoms with Crippen molar-refractivity contribution in [1.82, 2.24) is 0 Å². The van der Waals surface area contributed by atoms with E-state index >= 15 is 0 Å². The minimum atomic E-state index is -0.579. The molecule has 0 aliphatic carbocycles. The van der Waals surface area contributed by atoms with Gasteiger partial charge in [-0.15, -0.1) is 0 Å². The maximum absolute atomic E-state index is 13.8. The molecule has 0 heterocycles. The monoisotopic (exact) mass is 371 g/mol. The van der Waals surface area contributed by atoms with E-state index in [4.69, 9.17) is 5.73 Å². The smallest absolute Gasteiger partial charge is 0.198 e. The van der Waals surface area contributed by atoms with Gasteiger partial charge in [0, 0.05) is 15.7 Å². The summed E-state index contributed by atoms with van der Waals surface area (Å²) in [7, 11) is 0. The molecule has 2 rings (SSSR count). The van der Waals surface area contributed by atoms with E-state index in [9.17, 15) is 9.18 Å². The number of carbonyl (C=O) groups excluding carboxylic acids is 1. The third-order valence-electron chi connectivity index (χ3n) is 2.45. The molecule has 2 aromatic rings. The van der Waals surface area contributed by atoms with Crippen LogP contribution in [0.3, 0.4) is 0 Å². The number of carbonyl (C=O) groups is 1. The number of rotatable bonds is 2. The predicted octanol–water partition coefficient (Wildman–Crippen LogP) is 4.16. The summed E-state index contributed by atoms with van der Waals surface area (Å²) in [5.41, 5.74) is 6.36. The van der Waals surface area contributed by atoms with Crippen LogP contribution in [0, 0.1) is 5.82 Å². The Morgan fingerprint density at radius 1 is 1.11 bits per heavy atom. The average molecular weight is 373 g/mol. The van der Waals surface area contributed by atoms with Crippen LogP contribution < -0.4 is 5.73 Å². The Bertz CT molecular complexity index is 628. The number of nitrogen functional groups attached to an aromatic ring is 1. The van der Waals surface area contributed by atoms with E-state index in [0.29, 0.717) is 5.69 Å². The van der Waals surface area contributed by atoms with Crippen LogP contribution in [-0.4, -0.2) is 5.78 Å². The topological polar surface area (TPSA) is 43.1 Å². The van der Waals surface area contributed by atoms with E-state index in [-0.39, 0.29) is 15.6 Å². The highest BCUT2D eigenvalue weighted by Crippen LogP contribution is 2.25. The molecular formula is C13H8Br2FNO. The van der Waals surface area contributed by atoms with Gasteiger partial charge in [0.25, 0.3) is 0 Å². The quantitative estimate of drug-likeness (QED) is 0.635. The molecule has 0 aliphatic rings. The molecule has 0 aliphatic heterocycles. The van der Waals surface area contributed by atoms with Gasteiger partial charge in [-0.25, -0.2) is 4.39 Å². The molecule has 2 aromatic carbocycles. The Kier molecular flexibility index (Phi) is 3.82.